The zero-order chi connectivity index (χ0) is 22.2. The van der Waals surface area contributed by atoms with E-state index in [9.17, 15) is 14.7 Å². The van der Waals surface area contributed by atoms with Gasteiger partial charge in [0.05, 0.1) is 12.2 Å². The number of aliphatic carboxylic acids is 1. The predicted molar refractivity (Wildman–Crippen MR) is 119 cm³/mol. The van der Waals surface area contributed by atoms with Crippen molar-refractivity contribution in [2.75, 3.05) is 6.61 Å². The molecule has 3 N–H and O–H groups in total. The van der Waals surface area contributed by atoms with Gasteiger partial charge in [-0.25, -0.2) is 4.79 Å². The first-order chi connectivity index (χ1) is 14.4. The van der Waals surface area contributed by atoms with Crippen LogP contribution in [-0.2, 0) is 4.79 Å². The van der Waals surface area contributed by atoms with E-state index in [0.717, 1.165) is 32.1 Å². The maximum atomic E-state index is 11.2. The Morgan fingerprint density at radius 2 is 1.47 bits per heavy atom. The second-order valence-corrected chi connectivity index (χ2v) is 8.04. The Bertz CT molecular complexity index is 602. The summed E-state index contributed by atoms with van der Waals surface area (Å²) in [6.45, 7) is 4.75. The number of carboxylic acids is 2. The van der Waals surface area contributed by atoms with Gasteiger partial charge < -0.3 is 20.3 Å². The molecular weight excluding hydrogens is 382 g/mol. The lowest BCUT2D eigenvalue weighted by Gasteiger charge is -2.19. The Hall–Kier alpha value is -2.08. The normalized spacial score (nSPS) is 13.0. The third kappa shape index (κ3) is 11.8. The van der Waals surface area contributed by atoms with Crippen molar-refractivity contribution in [3.63, 3.8) is 0 Å². The highest BCUT2D eigenvalue weighted by atomic mass is 16.5. The molecule has 2 unspecified atom stereocenters. The van der Waals surface area contributed by atoms with Crippen LogP contribution in [0.5, 0.6) is 5.75 Å². The van der Waals surface area contributed by atoms with E-state index >= 15 is 0 Å². The van der Waals surface area contributed by atoms with Crippen LogP contribution in [0, 0.1) is 0 Å². The van der Waals surface area contributed by atoms with E-state index in [4.69, 9.17) is 9.84 Å². The average molecular weight is 422 g/mol. The molecule has 0 fully saturated rings. The van der Waals surface area contributed by atoms with Crippen LogP contribution in [0.4, 0.5) is 0 Å². The van der Waals surface area contributed by atoms with E-state index in [1.165, 1.54) is 32.1 Å². The van der Waals surface area contributed by atoms with Crippen LogP contribution >= 0.6 is 0 Å². The van der Waals surface area contributed by atoms with Crippen LogP contribution in [0.25, 0.3) is 0 Å². The Balaban J connectivity index is 1.94. The first kappa shape index (κ1) is 26.0. The molecule has 6 nitrogen and oxygen atoms in total. The number of hydrogen-bond donors (Lipinski definition) is 3. The van der Waals surface area contributed by atoms with E-state index in [2.05, 4.69) is 12.2 Å². The number of unbranched alkanes of at least 4 members (excludes halogenated alkanes) is 7. The van der Waals surface area contributed by atoms with Crippen molar-refractivity contribution in [2.24, 2.45) is 0 Å². The summed E-state index contributed by atoms with van der Waals surface area (Å²) in [4.78, 5) is 22.0. The van der Waals surface area contributed by atoms with Gasteiger partial charge in [0, 0.05) is 6.04 Å². The number of nitrogens with one attached hydrogen (secondary N) is 1. The molecular formula is C24H39NO5. The van der Waals surface area contributed by atoms with Crippen LogP contribution in [0.15, 0.2) is 24.3 Å². The first-order valence-electron chi connectivity index (χ1n) is 11.4. The molecule has 0 spiro atoms. The quantitative estimate of drug-likeness (QED) is 0.271. The molecule has 1 aromatic rings. The lowest BCUT2D eigenvalue weighted by molar-refractivity contribution is -0.139. The van der Waals surface area contributed by atoms with Gasteiger partial charge in [-0.2, -0.15) is 0 Å². The lowest BCUT2D eigenvalue weighted by Crippen LogP contribution is -2.41. The number of hydrogen-bond acceptors (Lipinski definition) is 4. The van der Waals surface area contributed by atoms with Gasteiger partial charge in [-0.15, -0.1) is 0 Å². The molecule has 1 rings (SSSR count). The van der Waals surface area contributed by atoms with E-state index < -0.39 is 18.0 Å². The van der Waals surface area contributed by atoms with Gasteiger partial charge in [0.2, 0.25) is 0 Å². The zero-order valence-corrected chi connectivity index (χ0v) is 18.6. The standard InChI is InChI=1S/C24H39NO5/c1-3-12-22(24(28)29)25-19(2)13-10-8-6-4-5-7-9-11-18-30-21-16-14-20(15-17-21)23(26)27/h14-17,19,22,25H,3-13,18H2,1-2H3,(H,26,27)(H,28,29). The van der Waals surface area contributed by atoms with Crippen molar-refractivity contribution in [1.82, 2.24) is 5.32 Å². The highest BCUT2D eigenvalue weighted by molar-refractivity contribution is 5.87. The fraction of sp³-hybridized carbons (Fsp3) is 0.667. The predicted octanol–water partition coefficient (Wildman–Crippen LogP) is 5.51. The highest BCUT2D eigenvalue weighted by Crippen LogP contribution is 2.14. The smallest absolute Gasteiger partial charge is 0.335 e. The fourth-order valence-electron chi connectivity index (χ4n) is 3.49. The van der Waals surface area contributed by atoms with Gasteiger partial charge in [-0.1, -0.05) is 58.3 Å². The van der Waals surface area contributed by atoms with Crippen molar-refractivity contribution in [3.8, 4) is 5.75 Å². The van der Waals surface area contributed by atoms with Crippen molar-refractivity contribution < 1.29 is 24.5 Å². The maximum absolute atomic E-state index is 11.2. The summed E-state index contributed by atoms with van der Waals surface area (Å²) >= 11 is 0. The third-order valence-corrected chi connectivity index (χ3v) is 5.26. The molecule has 0 aromatic heterocycles. The molecule has 0 bridgehead atoms. The molecule has 2 atom stereocenters. The van der Waals surface area contributed by atoms with Crippen LogP contribution in [-0.4, -0.2) is 40.8 Å². The lowest BCUT2D eigenvalue weighted by atomic mass is 10.0. The van der Waals surface area contributed by atoms with E-state index in [1.54, 1.807) is 24.3 Å². The molecule has 0 aliphatic carbocycles. The average Bonchev–Trinajstić information content (AvgIpc) is 2.71. The number of carbonyl (C=O) groups is 2. The molecule has 0 aliphatic heterocycles. The summed E-state index contributed by atoms with van der Waals surface area (Å²) in [5.41, 5.74) is 0.272. The number of aromatic carboxylic acids is 1. The largest absolute Gasteiger partial charge is 0.494 e. The van der Waals surface area contributed by atoms with Gasteiger partial charge in [0.25, 0.3) is 0 Å². The van der Waals surface area contributed by atoms with Crippen molar-refractivity contribution in [3.05, 3.63) is 29.8 Å². The highest BCUT2D eigenvalue weighted by Gasteiger charge is 2.17. The van der Waals surface area contributed by atoms with Crippen molar-refractivity contribution in [2.45, 2.75) is 96.6 Å². The third-order valence-electron chi connectivity index (χ3n) is 5.26. The van der Waals surface area contributed by atoms with E-state index in [-0.39, 0.29) is 11.6 Å². The minimum atomic E-state index is -0.925. The Kier molecular flexibility index (Phi) is 13.6. The summed E-state index contributed by atoms with van der Waals surface area (Å²) in [6, 6.07) is 6.35. The second kappa shape index (κ2) is 15.7. The van der Waals surface area contributed by atoms with E-state index in [0.29, 0.717) is 18.8 Å². The molecule has 0 radical (unpaired) electrons. The zero-order valence-electron chi connectivity index (χ0n) is 18.6. The number of rotatable bonds is 18. The van der Waals surface area contributed by atoms with Crippen LogP contribution in [0.3, 0.4) is 0 Å². The second-order valence-electron chi connectivity index (χ2n) is 8.04. The maximum Gasteiger partial charge on any atom is 0.335 e. The summed E-state index contributed by atoms with van der Waals surface area (Å²) in [5, 5.41) is 21.3. The van der Waals surface area contributed by atoms with Gasteiger partial charge in [0.15, 0.2) is 0 Å². The first-order valence-corrected chi connectivity index (χ1v) is 11.4. The number of carboxylic acid groups (broad SMARTS) is 2. The Morgan fingerprint density at radius 3 is 2.00 bits per heavy atom. The minimum Gasteiger partial charge on any atom is -0.494 e. The summed E-state index contributed by atoms with van der Waals surface area (Å²) in [7, 11) is 0. The van der Waals surface area contributed by atoms with Gasteiger partial charge >= 0.3 is 11.9 Å². The molecule has 0 aliphatic rings. The Morgan fingerprint density at radius 1 is 0.900 bits per heavy atom. The van der Waals surface area contributed by atoms with Gasteiger partial charge in [0.1, 0.15) is 11.8 Å². The van der Waals surface area contributed by atoms with Crippen LogP contribution in [0.1, 0.15) is 94.8 Å². The summed E-state index contributed by atoms with van der Waals surface area (Å²) in [5.74, 6) is -0.954. The molecule has 6 heteroatoms. The monoisotopic (exact) mass is 421 g/mol. The fourth-order valence-corrected chi connectivity index (χ4v) is 3.49. The van der Waals surface area contributed by atoms with Crippen molar-refractivity contribution >= 4 is 11.9 Å². The van der Waals surface area contributed by atoms with Crippen LogP contribution < -0.4 is 10.1 Å². The molecule has 1 aromatic carbocycles. The molecule has 0 saturated carbocycles. The Labute approximate surface area is 181 Å². The number of benzene rings is 1. The van der Waals surface area contributed by atoms with Crippen LogP contribution in [0.2, 0.25) is 0 Å². The SMILES string of the molecule is CCCC(NC(C)CCCCCCCCCCOc1ccc(C(=O)O)cc1)C(=O)O. The van der Waals surface area contributed by atoms with Gasteiger partial charge in [-0.05, 0) is 50.5 Å². The van der Waals surface area contributed by atoms with E-state index in [1.807, 2.05) is 6.92 Å². The topological polar surface area (TPSA) is 95.9 Å². The number of ether oxygens (including phenoxy) is 1. The molecule has 0 heterocycles. The molecule has 0 amide bonds. The minimum absolute atomic E-state index is 0.248. The molecule has 30 heavy (non-hydrogen) atoms. The summed E-state index contributed by atoms with van der Waals surface area (Å²) in [6.07, 6.45) is 12.0. The molecule has 0 saturated heterocycles. The van der Waals surface area contributed by atoms with Gasteiger partial charge in [-0.3, -0.25) is 4.79 Å². The van der Waals surface area contributed by atoms with Crippen molar-refractivity contribution in [1.29, 1.82) is 0 Å². The summed E-state index contributed by atoms with van der Waals surface area (Å²) < 4.78 is 5.64. The molecule has 170 valence electrons.